The van der Waals surface area contributed by atoms with E-state index in [1.807, 2.05) is 0 Å². The normalized spacial score (nSPS) is 12.1. The van der Waals surface area contributed by atoms with Gasteiger partial charge in [0, 0.05) is 0 Å². The van der Waals surface area contributed by atoms with E-state index in [4.69, 9.17) is 22.4 Å². The lowest BCUT2D eigenvalue weighted by atomic mass is 10.3. The summed E-state index contributed by atoms with van der Waals surface area (Å²) in [6, 6.07) is 0. The fourth-order valence-electron chi connectivity index (χ4n) is 0.663. The number of aliphatic hydroxyl groups excluding tert-OH is 1. The molecule has 1 aromatic rings. The fourth-order valence-corrected chi connectivity index (χ4v) is 1.41. The van der Waals surface area contributed by atoms with Gasteiger partial charge in [-0.1, -0.05) is 11.3 Å². The number of hydrogen-bond donors (Lipinski definition) is 3. The Morgan fingerprint density at radius 1 is 1.60 bits per heavy atom. The van der Waals surface area contributed by atoms with Crippen LogP contribution in [-0.4, -0.2) is 39.8 Å². The second-order valence-corrected chi connectivity index (χ2v) is 4.05. The van der Waals surface area contributed by atoms with Gasteiger partial charge in [-0.05, 0) is 11.6 Å². The third-order valence-electron chi connectivity index (χ3n) is 1.38. The summed E-state index contributed by atoms with van der Waals surface area (Å²) in [4.78, 5) is 21.7. The molecule has 0 aliphatic carbocycles. The molecule has 0 radical (unpaired) electrons. The molecule has 9 heteroatoms. The highest BCUT2D eigenvalue weighted by atomic mass is 35.5. The molecule has 1 rings (SSSR count). The van der Waals surface area contributed by atoms with Crippen LogP contribution in [0.4, 0.5) is 0 Å². The molecule has 0 bridgehead atoms. The average molecular weight is 251 g/mol. The van der Waals surface area contributed by atoms with Crippen molar-refractivity contribution >= 4 is 34.8 Å². The molecule has 4 N–H and O–H groups in total. The first kappa shape index (κ1) is 11.8. The van der Waals surface area contributed by atoms with Crippen LogP contribution in [-0.2, 0) is 4.79 Å². The van der Waals surface area contributed by atoms with Crippen molar-refractivity contribution in [3.8, 4) is 0 Å². The van der Waals surface area contributed by atoms with Crippen molar-refractivity contribution in [2.45, 2.75) is 6.10 Å². The molecule has 0 aliphatic rings. The van der Waals surface area contributed by atoms with Crippen LogP contribution in [0.1, 0.15) is 9.80 Å². The lowest BCUT2D eigenvalue weighted by molar-refractivity contribution is -0.125. The van der Waals surface area contributed by atoms with E-state index in [0.717, 1.165) is 11.3 Å². The summed E-state index contributed by atoms with van der Waals surface area (Å²) >= 11 is 6.35. The van der Waals surface area contributed by atoms with Crippen LogP contribution in [0.3, 0.4) is 0 Å². The number of aliphatic hydroxyl groups is 1. The standard InChI is InChI=1S/C6H7ClN4O3S/c7-6-11-10-5(15-6)4(14)9-1-2(12)3(8)13/h2,12H,1H2,(H2,8,13)(H,9,14). The van der Waals surface area contributed by atoms with Crippen molar-refractivity contribution in [2.75, 3.05) is 6.54 Å². The van der Waals surface area contributed by atoms with E-state index in [1.165, 1.54) is 0 Å². The van der Waals surface area contributed by atoms with E-state index in [9.17, 15) is 9.59 Å². The minimum atomic E-state index is -1.42. The number of amides is 2. The molecule has 0 saturated carbocycles. The smallest absolute Gasteiger partial charge is 0.282 e. The number of nitrogens with zero attached hydrogens (tertiary/aromatic N) is 2. The zero-order chi connectivity index (χ0) is 11.4. The van der Waals surface area contributed by atoms with Crippen molar-refractivity contribution in [2.24, 2.45) is 5.73 Å². The Kier molecular flexibility index (Phi) is 3.95. The summed E-state index contributed by atoms with van der Waals surface area (Å²) in [6.45, 7) is -0.272. The van der Waals surface area contributed by atoms with Crippen molar-refractivity contribution < 1.29 is 14.7 Å². The molecule has 1 atom stereocenters. The largest absolute Gasteiger partial charge is 0.381 e. The summed E-state index contributed by atoms with van der Waals surface area (Å²) in [6.07, 6.45) is -1.42. The Bertz CT molecular complexity index is 382. The van der Waals surface area contributed by atoms with Gasteiger partial charge in [0.25, 0.3) is 5.91 Å². The highest BCUT2D eigenvalue weighted by Crippen LogP contribution is 2.14. The molecular formula is C6H7ClN4O3S. The maximum absolute atomic E-state index is 11.3. The Morgan fingerprint density at radius 3 is 2.73 bits per heavy atom. The molecule has 0 fully saturated rings. The molecule has 82 valence electrons. The Hall–Kier alpha value is -1.25. The molecule has 0 saturated heterocycles. The van der Waals surface area contributed by atoms with E-state index in [1.54, 1.807) is 0 Å². The first-order valence-corrected chi connectivity index (χ1v) is 4.94. The van der Waals surface area contributed by atoms with E-state index < -0.39 is 17.9 Å². The first-order valence-electron chi connectivity index (χ1n) is 3.75. The lowest BCUT2D eigenvalue weighted by Gasteiger charge is -2.06. The van der Waals surface area contributed by atoms with Gasteiger partial charge in [0.2, 0.25) is 15.4 Å². The molecule has 0 spiro atoms. The molecule has 0 aromatic carbocycles. The third-order valence-corrected chi connectivity index (χ3v) is 2.40. The number of carbonyl (C=O) groups is 2. The van der Waals surface area contributed by atoms with Crippen molar-refractivity contribution in [3.63, 3.8) is 0 Å². The molecule has 1 unspecified atom stereocenters. The van der Waals surface area contributed by atoms with Crippen molar-refractivity contribution in [1.82, 2.24) is 15.5 Å². The van der Waals surface area contributed by atoms with Crippen LogP contribution in [0, 0.1) is 0 Å². The number of rotatable bonds is 4. The Balaban J connectivity index is 2.47. The van der Waals surface area contributed by atoms with Gasteiger partial charge in [-0.3, -0.25) is 9.59 Å². The highest BCUT2D eigenvalue weighted by molar-refractivity contribution is 7.17. The maximum Gasteiger partial charge on any atom is 0.282 e. The Morgan fingerprint density at radius 2 is 2.27 bits per heavy atom. The van der Waals surface area contributed by atoms with Gasteiger partial charge in [0.1, 0.15) is 6.10 Å². The van der Waals surface area contributed by atoms with Crippen LogP contribution in [0.15, 0.2) is 0 Å². The van der Waals surface area contributed by atoms with E-state index in [-0.39, 0.29) is 16.0 Å². The topological polar surface area (TPSA) is 118 Å². The lowest BCUT2D eigenvalue weighted by Crippen LogP contribution is -2.39. The minimum absolute atomic E-state index is 0.0525. The first-order chi connectivity index (χ1) is 7.00. The van der Waals surface area contributed by atoms with E-state index in [0.29, 0.717) is 0 Å². The van der Waals surface area contributed by atoms with Crippen LogP contribution in [0.2, 0.25) is 4.47 Å². The Labute approximate surface area is 93.2 Å². The molecule has 1 aromatic heterocycles. The third kappa shape index (κ3) is 3.42. The van der Waals surface area contributed by atoms with Crippen LogP contribution in [0.25, 0.3) is 0 Å². The summed E-state index contributed by atoms with van der Waals surface area (Å²) < 4.78 is 0.135. The van der Waals surface area contributed by atoms with Crippen LogP contribution in [0.5, 0.6) is 0 Å². The molecule has 0 aliphatic heterocycles. The second kappa shape index (κ2) is 5.01. The van der Waals surface area contributed by atoms with Gasteiger partial charge in [-0.25, -0.2) is 0 Å². The SMILES string of the molecule is NC(=O)C(O)CNC(=O)c1nnc(Cl)s1. The number of nitrogens with two attached hydrogens (primary N) is 1. The number of nitrogens with one attached hydrogen (secondary N) is 1. The van der Waals surface area contributed by atoms with Gasteiger partial charge in [0.15, 0.2) is 0 Å². The molecule has 2 amide bonds. The summed E-state index contributed by atoms with van der Waals surface area (Å²) in [5.41, 5.74) is 4.78. The molecule has 1 heterocycles. The molecule has 15 heavy (non-hydrogen) atoms. The van der Waals surface area contributed by atoms with Crippen molar-refractivity contribution in [1.29, 1.82) is 0 Å². The summed E-state index contributed by atoms with van der Waals surface area (Å²) in [7, 11) is 0. The van der Waals surface area contributed by atoms with Gasteiger partial charge < -0.3 is 16.2 Å². The number of hydrogen-bond acceptors (Lipinski definition) is 6. The van der Waals surface area contributed by atoms with Crippen LogP contribution < -0.4 is 11.1 Å². The molecule has 7 nitrogen and oxygen atoms in total. The monoisotopic (exact) mass is 250 g/mol. The zero-order valence-electron chi connectivity index (χ0n) is 7.31. The second-order valence-electron chi connectivity index (χ2n) is 2.49. The predicted octanol–water partition coefficient (Wildman–Crippen LogP) is -1.23. The summed E-state index contributed by atoms with van der Waals surface area (Å²) in [5, 5.41) is 18.2. The predicted molar refractivity (Wildman–Crippen MR) is 52.5 cm³/mol. The number of primary amides is 1. The van der Waals surface area contributed by atoms with Gasteiger partial charge in [-0.15, -0.1) is 10.2 Å². The van der Waals surface area contributed by atoms with E-state index in [2.05, 4.69) is 15.5 Å². The van der Waals surface area contributed by atoms with Crippen LogP contribution >= 0.6 is 22.9 Å². The maximum atomic E-state index is 11.3. The van der Waals surface area contributed by atoms with Crippen molar-refractivity contribution in [3.05, 3.63) is 9.47 Å². The summed E-state index contributed by atoms with van der Waals surface area (Å²) in [5.74, 6) is -1.48. The number of halogens is 1. The fraction of sp³-hybridized carbons (Fsp3) is 0.333. The minimum Gasteiger partial charge on any atom is -0.381 e. The van der Waals surface area contributed by atoms with Gasteiger partial charge >= 0.3 is 0 Å². The van der Waals surface area contributed by atoms with Gasteiger partial charge in [-0.2, -0.15) is 0 Å². The number of aromatic nitrogens is 2. The quantitative estimate of drug-likeness (QED) is 0.618. The average Bonchev–Trinajstić information content (AvgIpc) is 2.60. The van der Waals surface area contributed by atoms with E-state index >= 15 is 0 Å². The number of carbonyl (C=O) groups excluding carboxylic acids is 2. The molecular weight excluding hydrogens is 244 g/mol. The van der Waals surface area contributed by atoms with Gasteiger partial charge in [0.05, 0.1) is 6.54 Å². The zero-order valence-corrected chi connectivity index (χ0v) is 8.88. The highest BCUT2D eigenvalue weighted by Gasteiger charge is 2.15.